The van der Waals surface area contributed by atoms with Gasteiger partial charge in [-0.05, 0) is 26.7 Å². The minimum absolute atomic E-state index is 0.0943. The summed E-state index contributed by atoms with van der Waals surface area (Å²) in [5, 5.41) is 3.30. The first-order valence-corrected chi connectivity index (χ1v) is 6.50. The lowest BCUT2D eigenvalue weighted by atomic mass is 10.1. The highest BCUT2D eigenvalue weighted by atomic mass is 19.4. The van der Waals surface area contributed by atoms with E-state index >= 15 is 0 Å². The number of nitrogens with one attached hydrogen (secondary N) is 1. The smallest absolute Gasteiger partial charge is 0.381 e. The molecule has 1 rings (SSSR count). The van der Waals surface area contributed by atoms with Gasteiger partial charge in [-0.1, -0.05) is 0 Å². The number of alkyl halides is 3. The van der Waals surface area contributed by atoms with Crippen molar-refractivity contribution < 1.29 is 17.9 Å². The van der Waals surface area contributed by atoms with E-state index in [1.807, 2.05) is 0 Å². The number of rotatable bonds is 6. The molecule has 0 atom stereocenters. The summed E-state index contributed by atoms with van der Waals surface area (Å²) in [4.78, 5) is 1.45. The molecule has 0 bridgehead atoms. The normalized spacial score (nSPS) is 18.8. The van der Waals surface area contributed by atoms with Crippen molar-refractivity contribution in [1.29, 1.82) is 0 Å². The van der Waals surface area contributed by atoms with Crippen LogP contribution >= 0.6 is 0 Å². The molecule has 0 spiro atoms. The summed E-state index contributed by atoms with van der Waals surface area (Å²) in [6.45, 7) is 5.26. The maximum atomic E-state index is 12.4. The van der Waals surface area contributed by atoms with Gasteiger partial charge in [0.2, 0.25) is 0 Å². The summed E-state index contributed by atoms with van der Waals surface area (Å²) in [6, 6.07) is 0.293. The van der Waals surface area contributed by atoms with Crippen LogP contribution in [0, 0.1) is 0 Å². The third kappa shape index (κ3) is 6.56. The van der Waals surface area contributed by atoms with E-state index in [-0.39, 0.29) is 6.04 Å². The molecule has 1 saturated heterocycles. The zero-order valence-electron chi connectivity index (χ0n) is 11.1. The van der Waals surface area contributed by atoms with E-state index in [1.165, 1.54) is 4.90 Å². The summed E-state index contributed by atoms with van der Waals surface area (Å²) < 4.78 is 42.3. The lowest BCUT2D eigenvalue weighted by Gasteiger charge is -2.29. The fraction of sp³-hybridized carbons (Fsp3) is 1.00. The predicted molar refractivity (Wildman–Crippen MR) is 64.6 cm³/mol. The molecule has 1 aliphatic heterocycles. The van der Waals surface area contributed by atoms with Gasteiger partial charge in [0.05, 0.1) is 6.54 Å². The number of hydrogen-bond acceptors (Lipinski definition) is 3. The summed E-state index contributed by atoms with van der Waals surface area (Å²) >= 11 is 0. The van der Waals surface area contributed by atoms with Crippen molar-refractivity contribution >= 4 is 0 Å². The molecule has 108 valence electrons. The highest BCUT2D eigenvalue weighted by Gasteiger charge is 2.31. The zero-order valence-corrected chi connectivity index (χ0v) is 11.1. The minimum Gasteiger partial charge on any atom is -0.381 e. The minimum atomic E-state index is -4.12. The fourth-order valence-corrected chi connectivity index (χ4v) is 2.06. The van der Waals surface area contributed by atoms with E-state index in [9.17, 15) is 13.2 Å². The lowest BCUT2D eigenvalue weighted by molar-refractivity contribution is -0.149. The molecule has 0 radical (unpaired) electrons. The van der Waals surface area contributed by atoms with Gasteiger partial charge in [0.15, 0.2) is 0 Å². The van der Waals surface area contributed by atoms with Crippen LogP contribution in [-0.4, -0.2) is 56.0 Å². The van der Waals surface area contributed by atoms with Gasteiger partial charge in [-0.15, -0.1) is 0 Å². The highest BCUT2D eigenvalue weighted by Crippen LogP contribution is 2.17. The van der Waals surface area contributed by atoms with Crippen LogP contribution in [0.15, 0.2) is 0 Å². The van der Waals surface area contributed by atoms with Gasteiger partial charge < -0.3 is 10.1 Å². The Morgan fingerprint density at radius 1 is 1.28 bits per heavy atom. The monoisotopic (exact) mass is 268 g/mol. The molecule has 0 amide bonds. The topological polar surface area (TPSA) is 24.5 Å². The molecule has 1 heterocycles. The van der Waals surface area contributed by atoms with Crippen LogP contribution in [0.1, 0.15) is 26.7 Å². The average molecular weight is 268 g/mol. The maximum Gasteiger partial charge on any atom is 0.401 e. The Morgan fingerprint density at radius 2 is 1.89 bits per heavy atom. The Bertz CT molecular complexity index is 228. The van der Waals surface area contributed by atoms with Crippen molar-refractivity contribution in [1.82, 2.24) is 10.2 Å². The van der Waals surface area contributed by atoms with Gasteiger partial charge >= 0.3 is 6.18 Å². The van der Waals surface area contributed by atoms with Crippen molar-refractivity contribution in [3.63, 3.8) is 0 Å². The van der Waals surface area contributed by atoms with Crippen LogP contribution < -0.4 is 5.32 Å². The molecule has 1 fully saturated rings. The van der Waals surface area contributed by atoms with Crippen LogP contribution in [0.5, 0.6) is 0 Å². The van der Waals surface area contributed by atoms with E-state index in [0.717, 1.165) is 26.1 Å². The van der Waals surface area contributed by atoms with Crippen LogP contribution in [0.2, 0.25) is 0 Å². The quantitative estimate of drug-likeness (QED) is 0.797. The Kier molecular flexibility index (Phi) is 6.38. The average Bonchev–Trinajstić information content (AvgIpc) is 2.27. The molecule has 0 aromatic heterocycles. The first-order valence-electron chi connectivity index (χ1n) is 6.50. The Balaban J connectivity index is 2.24. The van der Waals surface area contributed by atoms with Crippen molar-refractivity contribution in [3.8, 4) is 0 Å². The summed E-state index contributed by atoms with van der Waals surface area (Å²) in [7, 11) is 0. The van der Waals surface area contributed by atoms with Crippen LogP contribution in [0.25, 0.3) is 0 Å². The molecule has 1 aliphatic rings. The summed E-state index contributed by atoms with van der Waals surface area (Å²) in [5.41, 5.74) is 0. The second kappa shape index (κ2) is 7.31. The SMILES string of the molecule is CC(C)N(CCNC1CCOCC1)CC(F)(F)F. The van der Waals surface area contributed by atoms with E-state index in [4.69, 9.17) is 4.74 Å². The molecule has 1 N–H and O–H groups in total. The largest absolute Gasteiger partial charge is 0.401 e. The number of halogens is 3. The van der Waals surface area contributed by atoms with Crippen molar-refractivity contribution in [2.75, 3.05) is 32.8 Å². The first-order chi connectivity index (χ1) is 8.38. The van der Waals surface area contributed by atoms with Crippen LogP contribution in [0.3, 0.4) is 0 Å². The Labute approximate surface area is 107 Å². The van der Waals surface area contributed by atoms with Crippen molar-refractivity contribution in [2.24, 2.45) is 0 Å². The molecule has 0 aliphatic carbocycles. The van der Waals surface area contributed by atoms with Crippen molar-refractivity contribution in [2.45, 2.75) is 44.9 Å². The van der Waals surface area contributed by atoms with E-state index < -0.39 is 12.7 Å². The van der Waals surface area contributed by atoms with E-state index in [1.54, 1.807) is 13.8 Å². The zero-order chi connectivity index (χ0) is 13.6. The number of nitrogens with zero attached hydrogens (tertiary/aromatic N) is 1. The standard InChI is InChI=1S/C12H23F3N2O/c1-10(2)17(9-12(13,14)15)6-5-16-11-3-7-18-8-4-11/h10-11,16H,3-9H2,1-2H3. The van der Waals surface area contributed by atoms with Gasteiger partial charge in [0.1, 0.15) is 0 Å². The van der Waals surface area contributed by atoms with Gasteiger partial charge in [-0.3, -0.25) is 4.90 Å². The van der Waals surface area contributed by atoms with Gasteiger partial charge in [0.25, 0.3) is 0 Å². The molecular formula is C12H23F3N2O. The third-order valence-corrected chi connectivity index (χ3v) is 3.17. The fourth-order valence-electron chi connectivity index (χ4n) is 2.06. The molecule has 6 heteroatoms. The van der Waals surface area contributed by atoms with Gasteiger partial charge in [-0.25, -0.2) is 0 Å². The molecular weight excluding hydrogens is 245 g/mol. The summed E-state index contributed by atoms with van der Waals surface area (Å²) in [6.07, 6.45) is -2.23. The second-order valence-electron chi connectivity index (χ2n) is 5.02. The predicted octanol–water partition coefficient (Wildman–Crippen LogP) is 2.03. The number of hydrogen-bond donors (Lipinski definition) is 1. The molecule has 0 aromatic carbocycles. The number of ether oxygens (including phenoxy) is 1. The molecule has 0 saturated carbocycles. The molecule has 3 nitrogen and oxygen atoms in total. The lowest BCUT2D eigenvalue weighted by Crippen LogP contribution is -2.45. The molecule has 18 heavy (non-hydrogen) atoms. The maximum absolute atomic E-state index is 12.4. The van der Waals surface area contributed by atoms with Crippen LogP contribution in [0.4, 0.5) is 13.2 Å². The van der Waals surface area contributed by atoms with Gasteiger partial charge in [0, 0.05) is 38.4 Å². The molecule has 0 aromatic rings. The molecule has 0 unspecified atom stereocenters. The van der Waals surface area contributed by atoms with E-state index in [2.05, 4.69) is 5.32 Å². The van der Waals surface area contributed by atoms with Gasteiger partial charge in [-0.2, -0.15) is 13.2 Å². The first kappa shape index (κ1) is 15.7. The second-order valence-corrected chi connectivity index (χ2v) is 5.02. The Morgan fingerprint density at radius 3 is 2.39 bits per heavy atom. The van der Waals surface area contributed by atoms with Crippen LogP contribution in [-0.2, 0) is 4.74 Å². The Hall–Kier alpha value is -0.330. The summed E-state index contributed by atoms with van der Waals surface area (Å²) in [5.74, 6) is 0. The third-order valence-electron chi connectivity index (χ3n) is 3.17. The van der Waals surface area contributed by atoms with E-state index in [0.29, 0.717) is 19.1 Å². The van der Waals surface area contributed by atoms with Crippen molar-refractivity contribution in [3.05, 3.63) is 0 Å². The highest BCUT2D eigenvalue weighted by molar-refractivity contribution is 4.73.